The van der Waals surface area contributed by atoms with E-state index < -0.39 is 11.7 Å². The minimum absolute atomic E-state index is 0.107. The van der Waals surface area contributed by atoms with E-state index >= 15 is 0 Å². The van der Waals surface area contributed by atoms with Crippen LogP contribution in [0.1, 0.15) is 17.4 Å². The lowest BCUT2D eigenvalue weighted by molar-refractivity contribution is -0.137. The summed E-state index contributed by atoms with van der Waals surface area (Å²) in [7, 11) is 0. The van der Waals surface area contributed by atoms with Crippen LogP contribution in [0.25, 0.3) is 5.69 Å². The molecule has 1 fully saturated rings. The van der Waals surface area contributed by atoms with Gasteiger partial charge in [0.25, 0.3) is 0 Å². The van der Waals surface area contributed by atoms with Crippen LogP contribution < -0.4 is 4.90 Å². The molecule has 0 N–H and O–H groups in total. The van der Waals surface area contributed by atoms with Gasteiger partial charge in [-0.05, 0) is 30.3 Å². The van der Waals surface area contributed by atoms with Gasteiger partial charge < -0.3 is 14.2 Å². The number of rotatable bonds is 3. The van der Waals surface area contributed by atoms with Gasteiger partial charge in [-0.3, -0.25) is 0 Å². The van der Waals surface area contributed by atoms with Gasteiger partial charge in [-0.25, -0.2) is 0 Å². The van der Waals surface area contributed by atoms with Gasteiger partial charge in [-0.1, -0.05) is 30.3 Å². The maximum atomic E-state index is 13.3. The second-order valence-electron chi connectivity index (χ2n) is 6.12. The Balaban J connectivity index is 1.67. The Morgan fingerprint density at radius 2 is 1.65 bits per heavy atom. The summed E-state index contributed by atoms with van der Waals surface area (Å²) < 4.78 is 47.2. The largest absolute Gasteiger partial charge is 0.418 e. The van der Waals surface area contributed by atoms with Crippen LogP contribution in [0, 0.1) is 0 Å². The zero-order valence-corrected chi connectivity index (χ0v) is 13.9. The molecule has 134 valence electrons. The second kappa shape index (κ2) is 6.53. The van der Waals surface area contributed by atoms with Crippen LogP contribution in [-0.4, -0.2) is 17.7 Å². The SMILES string of the molecule is FC(F)(F)c1ccccc1-n1ccc([C@@H]2OCCN2c2ccccc2)c1. The van der Waals surface area contributed by atoms with Crippen molar-refractivity contribution in [1.29, 1.82) is 0 Å². The van der Waals surface area contributed by atoms with Gasteiger partial charge in [0, 0.05) is 30.2 Å². The Labute approximate surface area is 149 Å². The van der Waals surface area contributed by atoms with Crippen molar-refractivity contribution in [2.24, 2.45) is 0 Å². The first-order chi connectivity index (χ1) is 12.5. The lowest BCUT2D eigenvalue weighted by Gasteiger charge is -2.24. The zero-order valence-electron chi connectivity index (χ0n) is 13.9. The van der Waals surface area contributed by atoms with E-state index in [1.54, 1.807) is 24.5 Å². The van der Waals surface area contributed by atoms with E-state index in [2.05, 4.69) is 4.90 Å². The van der Waals surface area contributed by atoms with Crippen molar-refractivity contribution in [3.05, 3.63) is 84.2 Å². The van der Waals surface area contributed by atoms with Crippen molar-refractivity contribution in [1.82, 2.24) is 4.57 Å². The number of ether oxygens (including phenoxy) is 1. The Bertz CT molecular complexity index is 889. The maximum absolute atomic E-state index is 13.3. The lowest BCUT2D eigenvalue weighted by Crippen LogP contribution is -2.22. The first-order valence-electron chi connectivity index (χ1n) is 8.32. The first-order valence-corrected chi connectivity index (χ1v) is 8.32. The molecule has 1 aliphatic rings. The molecule has 2 aromatic carbocycles. The van der Waals surface area contributed by atoms with E-state index in [0.29, 0.717) is 6.61 Å². The monoisotopic (exact) mass is 358 g/mol. The van der Waals surface area contributed by atoms with Crippen LogP contribution in [0.3, 0.4) is 0 Å². The van der Waals surface area contributed by atoms with Crippen LogP contribution >= 0.6 is 0 Å². The minimum atomic E-state index is -4.40. The zero-order chi connectivity index (χ0) is 18.1. The van der Waals surface area contributed by atoms with Crippen molar-refractivity contribution >= 4 is 5.69 Å². The predicted octanol–water partition coefficient (Wildman–Crippen LogP) is 5.03. The average molecular weight is 358 g/mol. The van der Waals surface area contributed by atoms with Gasteiger partial charge in [-0.15, -0.1) is 0 Å². The van der Waals surface area contributed by atoms with Gasteiger partial charge in [0.15, 0.2) is 6.23 Å². The molecule has 26 heavy (non-hydrogen) atoms. The Morgan fingerprint density at radius 1 is 0.923 bits per heavy atom. The van der Waals surface area contributed by atoms with Crippen molar-refractivity contribution < 1.29 is 17.9 Å². The third-order valence-electron chi connectivity index (χ3n) is 4.47. The highest BCUT2D eigenvalue weighted by molar-refractivity contribution is 5.50. The Hall–Kier alpha value is -2.73. The number of nitrogens with zero attached hydrogens (tertiary/aromatic N) is 2. The second-order valence-corrected chi connectivity index (χ2v) is 6.12. The van der Waals surface area contributed by atoms with E-state index in [0.717, 1.165) is 23.9 Å². The fraction of sp³-hybridized carbons (Fsp3) is 0.200. The number of para-hydroxylation sites is 2. The molecule has 0 amide bonds. The van der Waals surface area contributed by atoms with Crippen LogP contribution in [0.2, 0.25) is 0 Å². The van der Waals surface area contributed by atoms with Crippen molar-refractivity contribution in [2.45, 2.75) is 12.4 Å². The number of alkyl halides is 3. The molecule has 3 nitrogen and oxygen atoms in total. The maximum Gasteiger partial charge on any atom is 0.418 e. The summed E-state index contributed by atoms with van der Waals surface area (Å²) in [5, 5.41) is 0. The quantitative estimate of drug-likeness (QED) is 0.653. The number of aromatic nitrogens is 1. The molecule has 0 spiro atoms. The third kappa shape index (κ3) is 3.08. The standard InChI is InChI=1S/C20H17F3N2O/c21-20(22,23)17-8-4-5-9-18(17)24-11-10-15(14-24)19-25(12-13-26-19)16-6-2-1-3-7-16/h1-11,14,19H,12-13H2/t19-/m0/s1. The molecule has 1 saturated heterocycles. The highest BCUT2D eigenvalue weighted by atomic mass is 19.4. The van der Waals surface area contributed by atoms with E-state index in [1.807, 2.05) is 30.3 Å². The highest BCUT2D eigenvalue weighted by Gasteiger charge is 2.34. The summed E-state index contributed by atoms with van der Waals surface area (Å²) >= 11 is 0. The molecule has 1 atom stereocenters. The van der Waals surface area contributed by atoms with Crippen molar-refractivity contribution in [3.63, 3.8) is 0 Å². The predicted molar refractivity (Wildman–Crippen MR) is 93.3 cm³/mol. The molecular formula is C20H17F3N2O. The van der Waals surface area contributed by atoms with Gasteiger partial charge in [0.1, 0.15) is 0 Å². The van der Waals surface area contributed by atoms with Crippen molar-refractivity contribution in [3.8, 4) is 5.69 Å². The summed E-state index contributed by atoms with van der Waals surface area (Å²) in [6.07, 6.45) is -1.36. The van der Waals surface area contributed by atoms with Gasteiger partial charge in [-0.2, -0.15) is 13.2 Å². The van der Waals surface area contributed by atoms with E-state index in [9.17, 15) is 13.2 Å². The highest BCUT2D eigenvalue weighted by Crippen LogP contribution is 2.36. The van der Waals surface area contributed by atoms with Gasteiger partial charge in [0.05, 0.1) is 17.9 Å². The Kier molecular flexibility index (Phi) is 4.20. The topological polar surface area (TPSA) is 17.4 Å². The number of halogens is 3. The first kappa shape index (κ1) is 16.7. The molecule has 1 aliphatic heterocycles. The number of hydrogen-bond acceptors (Lipinski definition) is 2. The fourth-order valence-electron chi connectivity index (χ4n) is 3.28. The molecule has 3 aromatic rings. The molecule has 1 aromatic heterocycles. The average Bonchev–Trinajstić information content (AvgIpc) is 3.31. The molecule has 0 aliphatic carbocycles. The van der Waals surface area contributed by atoms with Crippen LogP contribution in [-0.2, 0) is 10.9 Å². The molecule has 4 rings (SSSR count). The summed E-state index contributed by atoms with van der Waals surface area (Å²) in [6, 6.07) is 17.2. The number of anilines is 1. The number of benzene rings is 2. The summed E-state index contributed by atoms with van der Waals surface area (Å²) in [6.45, 7) is 1.31. The van der Waals surface area contributed by atoms with Crippen molar-refractivity contribution in [2.75, 3.05) is 18.1 Å². The lowest BCUT2D eigenvalue weighted by atomic mass is 10.1. The summed E-state index contributed by atoms with van der Waals surface area (Å²) in [5.74, 6) is 0. The third-order valence-corrected chi connectivity index (χ3v) is 4.47. The normalized spacial score (nSPS) is 17.7. The van der Waals surface area contributed by atoms with Crippen LogP contribution in [0.4, 0.5) is 18.9 Å². The summed E-state index contributed by atoms with van der Waals surface area (Å²) in [4.78, 5) is 2.11. The molecule has 0 unspecified atom stereocenters. The fourth-order valence-corrected chi connectivity index (χ4v) is 3.28. The van der Waals surface area contributed by atoms with E-state index in [1.165, 1.54) is 16.7 Å². The van der Waals surface area contributed by atoms with Crippen LogP contribution in [0.5, 0.6) is 0 Å². The summed E-state index contributed by atoms with van der Waals surface area (Å²) in [5.41, 5.74) is 1.30. The van der Waals surface area contributed by atoms with Gasteiger partial charge in [0.2, 0.25) is 0 Å². The van der Waals surface area contributed by atoms with E-state index in [-0.39, 0.29) is 11.9 Å². The molecule has 0 radical (unpaired) electrons. The number of hydrogen-bond donors (Lipinski definition) is 0. The smallest absolute Gasteiger partial charge is 0.352 e. The minimum Gasteiger partial charge on any atom is -0.352 e. The molecule has 2 heterocycles. The molecule has 0 bridgehead atoms. The molecular weight excluding hydrogens is 341 g/mol. The molecule has 0 saturated carbocycles. The molecule has 6 heteroatoms. The Morgan fingerprint density at radius 3 is 2.42 bits per heavy atom. The van der Waals surface area contributed by atoms with Gasteiger partial charge >= 0.3 is 6.18 Å². The van der Waals surface area contributed by atoms with E-state index in [4.69, 9.17) is 4.74 Å². The van der Waals surface area contributed by atoms with Crippen LogP contribution in [0.15, 0.2) is 73.1 Å².